The second-order valence-corrected chi connectivity index (χ2v) is 27.1. The summed E-state index contributed by atoms with van der Waals surface area (Å²) in [6, 6.07) is -0.964. The molecule has 2 aliphatic heterocycles. The average molecular weight is 1410 g/mol. The molecule has 2 heterocycles. The number of unbranched alkanes of at least 4 members (excludes halogenated alkanes) is 25. The fourth-order valence-electron chi connectivity index (χ4n) is 11.9. The quantitative estimate of drug-likeness (QED) is 0.0204. The number of hydrogen-bond acceptors (Lipinski definition) is 13. The van der Waals surface area contributed by atoms with Crippen molar-refractivity contribution >= 4 is 5.91 Å². The molecule has 2 fully saturated rings. The summed E-state index contributed by atoms with van der Waals surface area (Å²) in [5.74, 6) is -0.277. The number of aliphatic hydroxyl groups is 8. The lowest BCUT2D eigenvalue weighted by molar-refractivity contribution is -0.359. The van der Waals surface area contributed by atoms with Crippen molar-refractivity contribution in [3.8, 4) is 0 Å². The van der Waals surface area contributed by atoms with Crippen molar-refractivity contribution in [1.82, 2.24) is 5.32 Å². The first-order valence-corrected chi connectivity index (χ1v) is 39.9. The number of hydrogen-bond donors (Lipinski definition) is 9. The molecule has 12 atom stereocenters. The number of amides is 1. The summed E-state index contributed by atoms with van der Waals surface area (Å²) >= 11 is 0. The minimum atomic E-state index is -1.80. The fourth-order valence-corrected chi connectivity index (χ4v) is 11.9. The van der Waals surface area contributed by atoms with E-state index in [1.165, 1.54) is 116 Å². The molecule has 0 bridgehead atoms. The average Bonchev–Trinajstić information content (AvgIpc) is 0.790. The largest absolute Gasteiger partial charge is 0.394 e. The van der Waals surface area contributed by atoms with E-state index in [0.717, 1.165) is 128 Å². The molecule has 101 heavy (non-hydrogen) atoms. The Kier molecular flexibility index (Phi) is 62.7. The standard InChI is InChI=1S/C87H143NO13/c1-3-5-7-9-11-13-15-17-19-21-23-25-27-29-31-33-34-35-36-37-38-39-40-41-42-43-45-47-49-51-53-55-57-59-61-63-65-67-69-71-79(92)88-75(74-98-86-84(97)82(95)85(78(73-90)100-86)101-87-83(96)81(94)80(93)77(72-89)99-87)76(91)70-68-66-64-62-60-58-56-54-52-50-48-46-44-32-30-28-26-24-22-20-18-16-14-12-10-8-6-4-2/h5,7,11,13,17,19,23,25,29,31,34-35,37-38,40-41,43,45,49,51-52,54-55,57,60,62,68,70,75-78,80-87,89-91,93-97H,3-4,6,8-10,12,14-16,18,20-22,24,26-28,30,32-33,36,39,42,44,46-48,50,53,56,58-59,61,63-67,69,71-74H2,1-2H3,(H,88,92)/b7-5-,13-11-,19-17-,25-23-,31-29-,35-34-,38-37-,41-40-,45-43-,51-49-,54-52+,57-55-,62-60+,70-68+. The van der Waals surface area contributed by atoms with E-state index >= 15 is 0 Å². The lowest BCUT2D eigenvalue weighted by Gasteiger charge is -2.46. The molecule has 14 nitrogen and oxygen atoms in total. The van der Waals surface area contributed by atoms with Gasteiger partial charge in [0, 0.05) is 6.42 Å². The molecule has 2 aliphatic rings. The van der Waals surface area contributed by atoms with Gasteiger partial charge in [-0.25, -0.2) is 0 Å². The monoisotopic (exact) mass is 1410 g/mol. The Labute approximate surface area is 613 Å². The van der Waals surface area contributed by atoms with Crippen molar-refractivity contribution in [3.05, 3.63) is 170 Å². The number of rotatable bonds is 64. The number of carbonyl (C=O) groups excluding carboxylic acids is 1. The van der Waals surface area contributed by atoms with Gasteiger partial charge in [-0.05, 0) is 128 Å². The van der Waals surface area contributed by atoms with Gasteiger partial charge in [0.25, 0.3) is 0 Å². The number of ether oxygens (including phenoxy) is 4. The van der Waals surface area contributed by atoms with Crippen molar-refractivity contribution in [2.45, 2.75) is 351 Å². The van der Waals surface area contributed by atoms with Crippen molar-refractivity contribution in [2.24, 2.45) is 0 Å². The summed E-state index contributed by atoms with van der Waals surface area (Å²) in [5.41, 5.74) is 0. The Balaban J connectivity index is 1.68. The normalized spacial score (nSPS) is 22.7. The Morgan fingerprint density at radius 1 is 0.366 bits per heavy atom. The first-order valence-electron chi connectivity index (χ1n) is 39.9. The van der Waals surface area contributed by atoms with E-state index < -0.39 is 86.8 Å². The molecule has 0 saturated carbocycles. The van der Waals surface area contributed by atoms with E-state index in [0.29, 0.717) is 12.8 Å². The molecular formula is C87H143NO13. The number of carbonyl (C=O) groups is 1. The molecule has 9 N–H and O–H groups in total. The maximum Gasteiger partial charge on any atom is 0.220 e. The van der Waals surface area contributed by atoms with Gasteiger partial charge in [-0.1, -0.05) is 312 Å². The highest BCUT2D eigenvalue weighted by atomic mass is 16.7. The van der Waals surface area contributed by atoms with Gasteiger partial charge in [0.05, 0.1) is 32.0 Å². The van der Waals surface area contributed by atoms with Crippen LogP contribution in [0.1, 0.15) is 277 Å². The highest BCUT2D eigenvalue weighted by molar-refractivity contribution is 5.76. The third-order valence-corrected chi connectivity index (χ3v) is 18.1. The molecule has 0 radical (unpaired) electrons. The number of nitrogens with one attached hydrogen (secondary N) is 1. The van der Waals surface area contributed by atoms with Gasteiger partial charge in [0.2, 0.25) is 5.91 Å². The smallest absolute Gasteiger partial charge is 0.220 e. The zero-order valence-electron chi connectivity index (χ0n) is 62.8. The van der Waals surface area contributed by atoms with Crippen molar-refractivity contribution in [1.29, 1.82) is 0 Å². The van der Waals surface area contributed by atoms with E-state index in [1.54, 1.807) is 6.08 Å². The van der Waals surface area contributed by atoms with Gasteiger partial charge < -0.3 is 65.1 Å². The van der Waals surface area contributed by atoms with Gasteiger partial charge in [-0.3, -0.25) is 4.79 Å². The Morgan fingerprint density at radius 2 is 0.693 bits per heavy atom. The Morgan fingerprint density at radius 3 is 1.09 bits per heavy atom. The van der Waals surface area contributed by atoms with E-state index in [9.17, 15) is 45.6 Å². The van der Waals surface area contributed by atoms with Gasteiger partial charge in [-0.15, -0.1) is 0 Å². The highest BCUT2D eigenvalue weighted by Crippen LogP contribution is 2.30. The lowest BCUT2D eigenvalue weighted by Crippen LogP contribution is -2.65. The summed E-state index contributed by atoms with van der Waals surface area (Å²) in [4.78, 5) is 13.4. The van der Waals surface area contributed by atoms with Crippen LogP contribution in [0.2, 0.25) is 0 Å². The van der Waals surface area contributed by atoms with Crippen molar-refractivity contribution < 1.29 is 64.6 Å². The van der Waals surface area contributed by atoms with E-state index in [-0.39, 0.29) is 18.9 Å². The predicted octanol–water partition coefficient (Wildman–Crippen LogP) is 18.3. The zero-order chi connectivity index (χ0) is 73.0. The van der Waals surface area contributed by atoms with Gasteiger partial charge in [0.15, 0.2) is 12.6 Å². The first-order chi connectivity index (χ1) is 49.6. The molecule has 574 valence electrons. The maximum atomic E-state index is 13.4. The topological polar surface area (TPSA) is 228 Å². The van der Waals surface area contributed by atoms with Crippen LogP contribution >= 0.6 is 0 Å². The van der Waals surface area contributed by atoms with Crippen LogP contribution < -0.4 is 5.32 Å². The maximum absolute atomic E-state index is 13.4. The third-order valence-electron chi connectivity index (χ3n) is 18.1. The first kappa shape index (κ1) is 92.4. The minimum Gasteiger partial charge on any atom is -0.394 e. The third kappa shape index (κ3) is 51.2. The van der Waals surface area contributed by atoms with Crippen LogP contribution in [0.3, 0.4) is 0 Å². The van der Waals surface area contributed by atoms with Crippen LogP contribution in [-0.2, 0) is 23.7 Å². The summed E-state index contributed by atoms with van der Waals surface area (Å²) < 4.78 is 22.9. The zero-order valence-corrected chi connectivity index (χ0v) is 62.8. The van der Waals surface area contributed by atoms with Gasteiger partial charge in [0.1, 0.15) is 48.8 Å². The molecule has 0 spiro atoms. The molecule has 1 amide bonds. The van der Waals surface area contributed by atoms with E-state index in [1.807, 2.05) is 6.08 Å². The summed E-state index contributed by atoms with van der Waals surface area (Å²) in [7, 11) is 0. The van der Waals surface area contributed by atoms with Crippen LogP contribution in [0.15, 0.2) is 170 Å². The number of allylic oxidation sites excluding steroid dienone is 27. The van der Waals surface area contributed by atoms with Crippen molar-refractivity contribution in [2.75, 3.05) is 19.8 Å². The molecular weight excluding hydrogens is 1270 g/mol. The SMILES string of the molecule is CC/C=C\C/C=C\C/C=C\C/C=C\C/C=C\C/C=C\C/C=C\C/C=C\C/C=C\C/C=C\C/C=C\CCCCCCCC(=O)NC(COC1OC(CO)C(OC2OC(CO)C(O)C(O)C2O)C(O)C1O)C(O)/C=C/CC/C=C/CC/C=C/CCCCCCCCCCCCCCCCCCCC. The second kappa shape index (κ2) is 68.5. The van der Waals surface area contributed by atoms with E-state index in [4.69, 9.17) is 18.9 Å². The molecule has 0 aliphatic carbocycles. The van der Waals surface area contributed by atoms with Crippen LogP contribution in [0.25, 0.3) is 0 Å². The summed E-state index contributed by atoms with van der Waals surface area (Å²) in [6.45, 7) is 2.66. The van der Waals surface area contributed by atoms with Crippen LogP contribution in [0.5, 0.6) is 0 Å². The van der Waals surface area contributed by atoms with Crippen LogP contribution in [-0.4, -0.2) is 140 Å². The molecule has 0 aromatic heterocycles. The Bertz CT molecular complexity index is 2360. The number of aliphatic hydroxyl groups excluding tert-OH is 8. The highest BCUT2D eigenvalue weighted by Gasteiger charge is 2.51. The van der Waals surface area contributed by atoms with Crippen LogP contribution in [0.4, 0.5) is 0 Å². The molecule has 2 saturated heterocycles. The van der Waals surface area contributed by atoms with Gasteiger partial charge in [-0.2, -0.15) is 0 Å². The molecule has 0 aromatic carbocycles. The minimum absolute atomic E-state index is 0.236. The molecule has 14 heteroatoms. The molecule has 0 aromatic rings. The lowest BCUT2D eigenvalue weighted by atomic mass is 9.97. The second-order valence-electron chi connectivity index (χ2n) is 27.1. The van der Waals surface area contributed by atoms with Crippen molar-refractivity contribution in [3.63, 3.8) is 0 Å². The van der Waals surface area contributed by atoms with E-state index in [2.05, 4.69) is 177 Å². The molecule has 2 rings (SSSR count). The predicted molar refractivity (Wildman–Crippen MR) is 419 cm³/mol. The Hall–Kier alpha value is -4.65. The fraction of sp³-hybridized carbons (Fsp3) is 0.667. The summed E-state index contributed by atoms with van der Waals surface area (Å²) in [5, 5.41) is 87.6. The van der Waals surface area contributed by atoms with Crippen LogP contribution in [0, 0.1) is 0 Å². The summed E-state index contributed by atoms with van der Waals surface area (Å²) in [6.07, 6.45) is 89.9. The molecule has 12 unspecified atom stereocenters. The van der Waals surface area contributed by atoms with Gasteiger partial charge >= 0.3 is 0 Å².